The molecule has 0 radical (unpaired) electrons. The van der Waals surface area contributed by atoms with E-state index in [0.29, 0.717) is 6.54 Å². The number of halogens is 2. The summed E-state index contributed by atoms with van der Waals surface area (Å²) in [5, 5.41) is 21.5. The predicted octanol–water partition coefficient (Wildman–Crippen LogP) is 3.03. The molecule has 1 aromatic carbocycles. The van der Waals surface area contributed by atoms with Crippen molar-refractivity contribution in [2.24, 2.45) is 0 Å². The summed E-state index contributed by atoms with van der Waals surface area (Å²) in [6.07, 6.45) is 3.76. The smallest absolute Gasteiger partial charge is 0.306 e. The zero-order valence-electron chi connectivity index (χ0n) is 14.0. The summed E-state index contributed by atoms with van der Waals surface area (Å²) in [5.74, 6) is -0.669. The van der Waals surface area contributed by atoms with Gasteiger partial charge in [0.25, 0.3) is 0 Å². The molecule has 1 N–H and O–H groups in total. The molecule has 140 valence electrons. The Balaban J connectivity index is 1.69. The number of rotatable bonds is 6. The van der Waals surface area contributed by atoms with E-state index in [1.807, 2.05) is 0 Å². The second-order valence-corrected chi connectivity index (χ2v) is 6.16. The quantitative estimate of drug-likeness (QED) is 0.512. The molecule has 9 nitrogen and oxygen atoms in total. The Morgan fingerprint density at radius 1 is 1.37 bits per heavy atom. The predicted molar refractivity (Wildman–Crippen MR) is 95.0 cm³/mol. The Morgan fingerprint density at radius 3 is 2.70 bits per heavy atom. The topological polar surface area (TPSA) is 108 Å². The van der Waals surface area contributed by atoms with Crippen LogP contribution >= 0.6 is 11.6 Å². The van der Waals surface area contributed by atoms with Gasteiger partial charge in [-0.1, -0.05) is 23.7 Å². The highest BCUT2D eigenvalue weighted by atomic mass is 35.5. The van der Waals surface area contributed by atoms with Crippen LogP contribution in [0.3, 0.4) is 0 Å². The van der Waals surface area contributed by atoms with Gasteiger partial charge >= 0.3 is 5.69 Å². The summed E-state index contributed by atoms with van der Waals surface area (Å²) in [6, 6.07) is 5.12. The first-order valence-electron chi connectivity index (χ1n) is 7.80. The molecule has 11 heteroatoms. The molecule has 0 spiro atoms. The molecule has 0 fully saturated rings. The van der Waals surface area contributed by atoms with Crippen LogP contribution in [-0.2, 0) is 11.3 Å². The Kier molecular flexibility index (Phi) is 5.17. The van der Waals surface area contributed by atoms with Crippen LogP contribution in [0.4, 0.5) is 15.9 Å². The molecule has 2 aromatic heterocycles. The monoisotopic (exact) mass is 392 g/mol. The van der Waals surface area contributed by atoms with Gasteiger partial charge in [0.15, 0.2) is 5.82 Å². The van der Waals surface area contributed by atoms with Crippen molar-refractivity contribution in [2.75, 3.05) is 5.32 Å². The van der Waals surface area contributed by atoms with Crippen molar-refractivity contribution in [1.82, 2.24) is 19.6 Å². The molecule has 1 amide bonds. The lowest BCUT2D eigenvalue weighted by atomic mass is 10.2. The molecule has 0 aliphatic carbocycles. The number of aromatic nitrogens is 4. The number of nitrogens with zero attached hydrogens (tertiary/aromatic N) is 5. The van der Waals surface area contributed by atoms with Crippen molar-refractivity contribution in [2.45, 2.75) is 19.5 Å². The van der Waals surface area contributed by atoms with E-state index in [9.17, 15) is 19.3 Å². The minimum atomic E-state index is -0.808. The molecule has 1 unspecified atom stereocenters. The molecule has 1 atom stereocenters. The number of benzene rings is 1. The van der Waals surface area contributed by atoms with Gasteiger partial charge in [0.05, 0.1) is 11.5 Å². The first-order chi connectivity index (χ1) is 12.8. The number of carbonyl (C=O) groups excluding carboxylic acids is 1. The van der Waals surface area contributed by atoms with Crippen LogP contribution in [0.2, 0.25) is 5.02 Å². The van der Waals surface area contributed by atoms with E-state index < -0.39 is 16.9 Å². The zero-order valence-corrected chi connectivity index (χ0v) is 14.8. The van der Waals surface area contributed by atoms with Crippen LogP contribution in [0.1, 0.15) is 18.5 Å². The summed E-state index contributed by atoms with van der Waals surface area (Å²) in [5.41, 5.74) is 0.599. The van der Waals surface area contributed by atoms with Crippen molar-refractivity contribution in [3.8, 4) is 0 Å². The molecule has 27 heavy (non-hydrogen) atoms. The molecule has 0 aliphatic rings. The van der Waals surface area contributed by atoms with Crippen LogP contribution in [0.25, 0.3) is 0 Å². The van der Waals surface area contributed by atoms with Crippen LogP contribution in [-0.4, -0.2) is 30.4 Å². The minimum absolute atomic E-state index is 0.150. The molecular weight excluding hydrogens is 379 g/mol. The maximum atomic E-state index is 13.0. The number of hydrogen-bond acceptors (Lipinski definition) is 5. The highest BCUT2D eigenvalue weighted by Gasteiger charge is 2.21. The lowest BCUT2D eigenvalue weighted by Gasteiger charge is -2.11. The van der Waals surface area contributed by atoms with Crippen molar-refractivity contribution in [1.29, 1.82) is 0 Å². The Morgan fingerprint density at radius 2 is 2.07 bits per heavy atom. The van der Waals surface area contributed by atoms with Gasteiger partial charge in [-0.15, -0.1) is 0 Å². The Labute approximate surface area is 157 Å². The largest absolute Gasteiger partial charge is 0.307 e. The molecule has 3 aromatic rings. The minimum Gasteiger partial charge on any atom is -0.306 e. The SMILES string of the molecule is CC(C(=O)Nc1nn(Cc2ccc(F)cc2)cc1Cl)n1cc([N+](=O)[O-])cn1. The third kappa shape index (κ3) is 4.29. The number of hydrogen-bond donors (Lipinski definition) is 1. The van der Waals surface area contributed by atoms with E-state index in [1.54, 1.807) is 12.1 Å². The molecule has 0 saturated heterocycles. The van der Waals surface area contributed by atoms with Gasteiger partial charge in [0, 0.05) is 6.20 Å². The molecule has 0 bridgehead atoms. The van der Waals surface area contributed by atoms with Crippen LogP contribution in [0.15, 0.2) is 42.9 Å². The average molecular weight is 393 g/mol. The van der Waals surface area contributed by atoms with E-state index in [-0.39, 0.29) is 22.3 Å². The highest BCUT2D eigenvalue weighted by Crippen LogP contribution is 2.22. The first-order valence-corrected chi connectivity index (χ1v) is 8.18. The van der Waals surface area contributed by atoms with E-state index >= 15 is 0 Å². The zero-order chi connectivity index (χ0) is 19.6. The highest BCUT2D eigenvalue weighted by molar-refractivity contribution is 6.33. The number of nitrogens with one attached hydrogen (secondary N) is 1. The third-order valence-electron chi connectivity index (χ3n) is 3.79. The van der Waals surface area contributed by atoms with Crippen LogP contribution in [0, 0.1) is 15.9 Å². The number of nitro groups is 1. The fraction of sp³-hybridized carbons (Fsp3) is 0.188. The number of amides is 1. The van der Waals surface area contributed by atoms with Gasteiger partial charge in [-0.05, 0) is 24.6 Å². The van der Waals surface area contributed by atoms with Crippen LogP contribution < -0.4 is 5.32 Å². The summed E-state index contributed by atoms with van der Waals surface area (Å²) in [6.45, 7) is 1.88. The van der Waals surface area contributed by atoms with E-state index in [4.69, 9.17) is 11.6 Å². The van der Waals surface area contributed by atoms with Gasteiger partial charge in [-0.2, -0.15) is 10.2 Å². The van der Waals surface area contributed by atoms with Crippen molar-refractivity contribution < 1.29 is 14.1 Å². The summed E-state index contributed by atoms with van der Waals surface area (Å²) in [7, 11) is 0. The Bertz CT molecular complexity index is 984. The fourth-order valence-electron chi connectivity index (χ4n) is 2.32. The molecule has 2 heterocycles. The normalized spacial score (nSPS) is 12.0. The Hall–Kier alpha value is -3.27. The van der Waals surface area contributed by atoms with E-state index in [0.717, 1.165) is 11.8 Å². The summed E-state index contributed by atoms with van der Waals surface area (Å²) < 4.78 is 15.6. The maximum absolute atomic E-state index is 13.0. The number of anilines is 1. The van der Waals surface area contributed by atoms with Gasteiger partial charge < -0.3 is 5.32 Å². The average Bonchev–Trinajstić information content (AvgIpc) is 3.24. The van der Waals surface area contributed by atoms with Crippen molar-refractivity contribution >= 4 is 29.0 Å². The van der Waals surface area contributed by atoms with Crippen molar-refractivity contribution in [3.05, 3.63) is 69.4 Å². The van der Waals surface area contributed by atoms with Gasteiger partial charge in [0.2, 0.25) is 5.91 Å². The van der Waals surface area contributed by atoms with E-state index in [1.165, 1.54) is 40.8 Å². The maximum Gasteiger partial charge on any atom is 0.307 e. The second-order valence-electron chi connectivity index (χ2n) is 5.75. The van der Waals surface area contributed by atoms with Gasteiger partial charge in [-0.3, -0.25) is 24.3 Å². The van der Waals surface area contributed by atoms with Gasteiger partial charge in [0.1, 0.15) is 29.3 Å². The van der Waals surface area contributed by atoms with Crippen molar-refractivity contribution in [3.63, 3.8) is 0 Å². The lowest BCUT2D eigenvalue weighted by molar-refractivity contribution is -0.385. The first kappa shape index (κ1) is 18.5. The second kappa shape index (κ2) is 7.54. The number of carbonyl (C=O) groups is 1. The molecule has 3 rings (SSSR count). The summed E-state index contributed by atoms with van der Waals surface area (Å²) in [4.78, 5) is 22.5. The molecule has 0 aliphatic heterocycles. The standard InChI is InChI=1S/C16H14ClFN6O3/c1-10(23-8-13(6-19-23)24(26)27)16(25)20-15-14(17)9-22(21-15)7-11-2-4-12(18)5-3-11/h2-6,8-10H,7H2,1H3,(H,20,21,25). The molecule has 0 saturated carbocycles. The third-order valence-corrected chi connectivity index (χ3v) is 4.07. The van der Waals surface area contributed by atoms with Gasteiger partial charge in [-0.25, -0.2) is 4.39 Å². The fourth-order valence-corrected chi connectivity index (χ4v) is 2.51. The van der Waals surface area contributed by atoms with E-state index in [2.05, 4.69) is 15.5 Å². The summed E-state index contributed by atoms with van der Waals surface area (Å²) >= 11 is 6.11. The molecular formula is C16H14ClFN6O3. The van der Waals surface area contributed by atoms with Crippen LogP contribution in [0.5, 0.6) is 0 Å². The lowest BCUT2D eigenvalue weighted by Crippen LogP contribution is -2.24.